The van der Waals surface area contributed by atoms with Gasteiger partial charge in [0.2, 0.25) is 0 Å². The fourth-order valence-electron chi connectivity index (χ4n) is 4.88. The Morgan fingerprint density at radius 2 is 1.53 bits per heavy atom. The predicted molar refractivity (Wildman–Crippen MR) is 134 cm³/mol. The summed E-state index contributed by atoms with van der Waals surface area (Å²) in [6, 6.07) is 27.1. The van der Waals surface area contributed by atoms with E-state index in [9.17, 15) is 4.79 Å². The quantitative estimate of drug-likeness (QED) is 0.478. The average Bonchev–Trinajstić information content (AvgIpc) is 2.80. The average molecular weight is 427 g/mol. The Labute approximate surface area is 192 Å². The number of carbonyl (C=O) groups is 1. The third kappa shape index (κ3) is 4.17. The summed E-state index contributed by atoms with van der Waals surface area (Å²) in [4.78, 5) is 15.8. The van der Waals surface area contributed by atoms with E-state index >= 15 is 0 Å². The minimum absolute atomic E-state index is 0.0656. The highest BCUT2D eigenvalue weighted by Gasteiger charge is 2.40. The Bertz CT molecular complexity index is 1070. The second-order valence-corrected chi connectivity index (χ2v) is 9.88. The first-order chi connectivity index (χ1) is 15.3. The SMILES string of the molecule is CC[C@@H]1[C@H](C)[C@H](Nc2ccccc2)c2ccccc2N1C(=O)c1ccc(C(C)(C)C)cc1. The molecule has 0 radical (unpaired) electrons. The van der Waals surface area contributed by atoms with Gasteiger partial charge in [0.1, 0.15) is 0 Å². The number of nitrogens with zero attached hydrogens (tertiary/aromatic N) is 1. The van der Waals surface area contributed by atoms with E-state index in [4.69, 9.17) is 0 Å². The van der Waals surface area contributed by atoms with Crippen molar-refractivity contribution in [3.05, 3.63) is 95.6 Å². The zero-order valence-electron chi connectivity index (χ0n) is 19.8. The fraction of sp³-hybridized carbons (Fsp3) is 0.345. The lowest BCUT2D eigenvalue weighted by molar-refractivity contribution is 0.0960. The van der Waals surface area contributed by atoms with E-state index in [2.05, 4.69) is 94.5 Å². The number of para-hydroxylation sites is 2. The first-order valence-corrected chi connectivity index (χ1v) is 11.7. The molecule has 0 spiro atoms. The smallest absolute Gasteiger partial charge is 0.258 e. The first-order valence-electron chi connectivity index (χ1n) is 11.7. The molecule has 3 nitrogen and oxygen atoms in total. The maximum Gasteiger partial charge on any atom is 0.258 e. The summed E-state index contributed by atoms with van der Waals surface area (Å²) in [6.07, 6.45) is 0.897. The molecule has 32 heavy (non-hydrogen) atoms. The van der Waals surface area contributed by atoms with Gasteiger partial charge in [-0.3, -0.25) is 4.79 Å². The third-order valence-corrected chi connectivity index (χ3v) is 6.73. The van der Waals surface area contributed by atoms with Crippen LogP contribution in [0.15, 0.2) is 78.9 Å². The number of rotatable bonds is 4. The molecule has 1 aliphatic heterocycles. The van der Waals surface area contributed by atoms with Crippen LogP contribution in [-0.4, -0.2) is 11.9 Å². The van der Waals surface area contributed by atoms with Crippen molar-refractivity contribution in [3.63, 3.8) is 0 Å². The predicted octanol–water partition coefficient (Wildman–Crippen LogP) is 7.21. The number of fused-ring (bicyclic) bond motifs is 1. The van der Waals surface area contributed by atoms with E-state index in [0.717, 1.165) is 23.4 Å². The van der Waals surface area contributed by atoms with E-state index in [1.807, 2.05) is 29.2 Å². The van der Waals surface area contributed by atoms with Crippen LogP contribution in [0.3, 0.4) is 0 Å². The number of amides is 1. The number of benzene rings is 3. The summed E-state index contributed by atoms with van der Waals surface area (Å²) < 4.78 is 0. The monoisotopic (exact) mass is 426 g/mol. The van der Waals surface area contributed by atoms with Crippen molar-refractivity contribution in [3.8, 4) is 0 Å². The first kappa shape index (κ1) is 22.1. The molecule has 1 aliphatic rings. The van der Waals surface area contributed by atoms with Crippen molar-refractivity contribution in [1.29, 1.82) is 0 Å². The van der Waals surface area contributed by atoms with Crippen molar-refractivity contribution < 1.29 is 4.79 Å². The lowest BCUT2D eigenvalue weighted by Gasteiger charge is -2.45. The second-order valence-electron chi connectivity index (χ2n) is 9.88. The third-order valence-electron chi connectivity index (χ3n) is 6.73. The second kappa shape index (κ2) is 8.82. The molecule has 0 unspecified atom stereocenters. The summed E-state index contributed by atoms with van der Waals surface area (Å²) in [5.74, 6) is 0.336. The highest BCUT2D eigenvalue weighted by atomic mass is 16.2. The van der Waals surface area contributed by atoms with Gasteiger partial charge in [0.15, 0.2) is 0 Å². The van der Waals surface area contributed by atoms with E-state index in [1.165, 1.54) is 11.1 Å². The van der Waals surface area contributed by atoms with E-state index in [1.54, 1.807) is 0 Å². The summed E-state index contributed by atoms with van der Waals surface area (Å²) in [7, 11) is 0. The van der Waals surface area contributed by atoms with Gasteiger partial charge in [0.25, 0.3) is 5.91 Å². The lowest BCUT2D eigenvalue weighted by Crippen LogP contribution is -2.50. The molecule has 0 saturated carbocycles. The van der Waals surface area contributed by atoms with Crippen LogP contribution in [0.1, 0.15) is 68.6 Å². The molecule has 0 aromatic heterocycles. The molecule has 3 aromatic carbocycles. The van der Waals surface area contributed by atoms with Crippen LogP contribution in [0.2, 0.25) is 0 Å². The van der Waals surface area contributed by atoms with Crippen LogP contribution < -0.4 is 10.2 Å². The van der Waals surface area contributed by atoms with E-state index < -0.39 is 0 Å². The molecule has 166 valence electrons. The largest absolute Gasteiger partial charge is 0.378 e. The Morgan fingerprint density at radius 3 is 2.16 bits per heavy atom. The molecule has 0 bridgehead atoms. The van der Waals surface area contributed by atoms with Gasteiger partial charge < -0.3 is 10.2 Å². The molecule has 1 N–H and O–H groups in total. The van der Waals surface area contributed by atoms with E-state index in [0.29, 0.717) is 0 Å². The summed E-state index contributed by atoms with van der Waals surface area (Å²) in [5.41, 5.74) is 5.33. The lowest BCUT2D eigenvalue weighted by atomic mass is 9.80. The minimum Gasteiger partial charge on any atom is -0.378 e. The number of anilines is 2. The van der Waals surface area contributed by atoms with E-state index in [-0.39, 0.29) is 29.3 Å². The highest BCUT2D eigenvalue weighted by Crippen LogP contribution is 2.44. The molecule has 3 heteroatoms. The molecule has 1 amide bonds. The molecule has 1 heterocycles. The molecule has 3 atom stereocenters. The maximum absolute atomic E-state index is 13.8. The van der Waals surface area contributed by atoms with Gasteiger partial charge in [-0.05, 0) is 53.3 Å². The zero-order valence-corrected chi connectivity index (χ0v) is 19.8. The Balaban J connectivity index is 1.73. The normalized spacial score (nSPS) is 20.5. The van der Waals surface area contributed by atoms with Crippen molar-refractivity contribution >= 4 is 17.3 Å². The molecule has 0 aliphatic carbocycles. The molecule has 0 fully saturated rings. The fourth-order valence-corrected chi connectivity index (χ4v) is 4.88. The molecule has 3 aromatic rings. The standard InChI is InChI=1S/C29H34N2O/c1-6-25-20(2)27(30-23-12-8-7-9-13-23)24-14-10-11-15-26(24)31(25)28(32)21-16-18-22(19-17-21)29(3,4)5/h7-20,25,27,30H,6H2,1-5H3/t20-,25+,27-/m0/s1. The van der Waals surface area contributed by atoms with Gasteiger partial charge in [0, 0.05) is 28.9 Å². The Kier molecular flexibility index (Phi) is 6.10. The minimum atomic E-state index is 0.0656. The Morgan fingerprint density at radius 1 is 0.906 bits per heavy atom. The number of nitrogens with one attached hydrogen (secondary N) is 1. The van der Waals surface area contributed by atoms with Crippen LogP contribution in [0.5, 0.6) is 0 Å². The summed E-state index contributed by atoms with van der Waals surface area (Å²) in [5, 5.41) is 3.74. The highest BCUT2D eigenvalue weighted by molar-refractivity contribution is 6.07. The van der Waals surface area contributed by atoms with Gasteiger partial charge in [-0.2, -0.15) is 0 Å². The van der Waals surface area contributed by atoms with Crippen molar-refractivity contribution in [2.45, 2.75) is 58.5 Å². The van der Waals surface area contributed by atoms with Crippen molar-refractivity contribution in [2.75, 3.05) is 10.2 Å². The van der Waals surface area contributed by atoms with Crippen LogP contribution in [0, 0.1) is 5.92 Å². The Hall–Kier alpha value is -3.07. The molecular weight excluding hydrogens is 392 g/mol. The molecular formula is C29H34N2O. The van der Waals surface area contributed by atoms with Crippen molar-refractivity contribution in [1.82, 2.24) is 0 Å². The maximum atomic E-state index is 13.8. The number of carbonyl (C=O) groups excluding carboxylic acids is 1. The molecule has 4 rings (SSSR count). The van der Waals surface area contributed by atoms with Gasteiger partial charge in [-0.1, -0.05) is 83.1 Å². The van der Waals surface area contributed by atoms with Crippen LogP contribution in [0.25, 0.3) is 0 Å². The molecule has 0 saturated heterocycles. The zero-order chi connectivity index (χ0) is 22.9. The van der Waals surface area contributed by atoms with Gasteiger partial charge in [0.05, 0.1) is 6.04 Å². The summed E-state index contributed by atoms with van der Waals surface area (Å²) in [6.45, 7) is 11.0. The topological polar surface area (TPSA) is 32.3 Å². The summed E-state index contributed by atoms with van der Waals surface area (Å²) >= 11 is 0. The van der Waals surface area contributed by atoms with Gasteiger partial charge in [-0.25, -0.2) is 0 Å². The van der Waals surface area contributed by atoms with Crippen molar-refractivity contribution in [2.24, 2.45) is 5.92 Å². The van der Waals surface area contributed by atoms with Crippen LogP contribution >= 0.6 is 0 Å². The number of hydrogen-bond donors (Lipinski definition) is 1. The van der Waals surface area contributed by atoms with Gasteiger partial charge >= 0.3 is 0 Å². The van der Waals surface area contributed by atoms with Crippen LogP contribution in [0.4, 0.5) is 11.4 Å². The number of hydrogen-bond acceptors (Lipinski definition) is 2. The van der Waals surface area contributed by atoms with Crippen LogP contribution in [-0.2, 0) is 5.41 Å². The van der Waals surface area contributed by atoms with Gasteiger partial charge in [-0.15, -0.1) is 0 Å².